The van der Waals surface area contributed by atoms with Gasteiger partial charge in [0.05, 0.1) is 13.2 Å². The summed E-state index contributed by atoms with van der Waals surface area (Å²) in [5, 5.41) is 110. The van der Waals surface area contributed by atoms with E-state index in [1.807, 2.05) is 0 Å². The van der Waals surface area contributed by atoms with Gasteiger partial charge in [0.25, 0.3) is 0 Å². The Bertz CT molecular complexity index is 1950. The van der Waals surface area contributed by atoms with Crippen LogP contribution in [0.25, 0.3) is 0 Å². The topological polar surface area (TPSA) is 374 Å². The Kier molecular flexibility index (Phi) is 44.9. The van der Waals surface area contributed by atoms with Gasteiger partial charge in [-0.25, -0.2) is 4.57 Å². The second-order valence-corrected chi connectivity index (χ2v) is 26.7. The van der Waals surface area contributed by atoms with Crippen LogP contribution < -0.4 is 0 Å². The zero-order chi connectivity index (χ0) is 66.8. The summed E-state index contributed by atoms with van der Waals surface area (Å²) in [4.78, 5) is 50.7. The monoisotopic (exact) mass is 1330 g/mol. The highest BCUT2D eigenvalue weighted by Gasteiger charge is 2.58. The Morgan fingerprint density at radius 3 is 1.20 bits per heavy atom. The second kappa shape index (κ2) is 49.2. The zero-order valence-corrected chi connectivity index (χ0v) is 56.0. The highest BCUT2D eigenvalue weighted by molar-refractivity contribution is 7.47. The Labute approximate surface area is 542 Å². The third kappa shape index (κ3) is 33.5. The van der Waals surface area contributed by atoms with Gasteiger partial charge in [-0.15, -0.1) is 0 Å². The maximum Gasteiger partial charge on any atom is 0.472 e. The van der Waals surface area contributed by atoms with E-state index in [0.717, 1.165) is 96.3 Å². The lowest BCUT2D eigenvalue weighted by molar-refractivity contribution is -0.360. The molecule has 0 aromatic rings. The lowest BCUT2D eigenvalue weighted by Gasteiger charge is -2.49. The lowest BCUT2D eigenvalue weighted by atomic mass is 9.84. The summed E-state index contributed by atoms with van der Waals surface area (Å²) in [5.41, 5.74) is 0. The van der Waals surface area contributed by atoms with Crippen molar-refractivity contribution < 1.29 is 117 Å². The summed E-state index contributed by atoms with van der Waals surface area (Å²) in [7, 11) is -5.68. The van der Waals surface area contributed by atoms with Gasteiger partial charge in [-0.1, -0.05) is 206 Å². The molecular weight excluding hydrogens is 1210 g/mol. The first-order chi connectivity index (χ1) is 43.8. The number of aliphatic hydroxyl groups is 10. The van der Waals surface area contributed by atoms with Crippen LogP contribution in [0.2, 0.25) is 0 Å². The number of unbranched alkanes of at least 4 members (excludes halogenated alkanes) is 30. The highest BCUT2D eigenvalue weighted by atomic mass is 31.2. The van der Waals surface area contributed by atoms with Crippen molar-refractivity contribution in [3.63, 3.8) is 0 Å². The number of carbonyl (C=O) groups excluding carboxylic acids is 3. The number of ether oxygens (including phenoxy) is 7. The van der Waals surface area contributed by atoms with E-state index in [1.54, 1.807) is 0 Å². The van der Waals surface area contributed by atoms with E-state index in [-0.39, 0.29) is 19.3 Å². The van der Waals surface area contributed by atoms with Crippen LogP contribution >= 0.6 is 7.82 Å². The molecule has 0 aromatic heterocycles. The highest BCUT2D eigenvalue weighted by Crippen LogP contribution is 2.49. The fourth-order valence-electron chi connectivity index (χ4n) is 11.5. The smallest absolute Gasteiger partial charge is 0.463 e. The van der Waals surface area contributed by atoms with Gasteiger partial charge in [0, 0.05) is 19.3 Å². The first-order valence-electron chi connectivity index (χ1n) is 35.0. The van der Waals surface area contributed by atoms with Gasteiger partial charge in [0.15, 0.2) is 18.7 Å². The van der Waals surface area contributed by atoms with Gasteiger partial charge in [-0.05, 0) is 44.9 Å². The summed E-state index contributed by atoms with van der Waals surface area (Å²) in [6.07, 6.45) is 4.71. The molecule has 11 N–H and O–H groups in total. The van der Waals surface area contributed by atoms with E-state index < -0.39 is 156 Å². The largest absolute Gasteiger partial charge is 0.472 e. The van der Waals surface area contributed by atoms with Crippen molar-refractivity contribution >= 4 is 25.7 Å². The molecule has 18 atom stereocenters. The van der Waals surface area contributed by atoms with Crippen molar-refractivity contribution in [1.29, 1.82) is 0 Å². The van der Waals surface area contributed by atoms with Crippen molar-refractivity contribution in [2.75, 3.05) is 26.4 Å². The molecule has 0 spiro atoms. The SMILES string of the molecule is CCCCCCCCC/C=C\CCCCCC(=O)OCC1OC(OC2C(O)C(O)C(O)C(OC3OC(CO)C(O)C(O)C3O)C2OP(=O)(O)OCC(COC(=O)CCCCCCCCCCCCC)OC(=O)CCCCCCCCCCCCC)C(O)C(O)C1O. The van der Waals surface area contributed by atoms with Crippen LogP contribution in [0.3, 0.4) is 0 Å². The van der Waals surface area contributed by atoms with E-state index >= 15 is 0 Å². The van der Waals surface area contributed by atoms with Crippen molar-refractivity contribution in [3.8, 4) is 0 Å². The molecule has 3 fully saturated rings. The molecule has 1 saturated carbocycles. The van der Waals surface area contributed by atoms with Crippen LogP contribution in [0.15, 0.2) is 12.2 Å². The summed E-state index contributed by atoms with van der Waals surface area (Å²) in [6, 6.07) is 0. The molecule has 0 radical (unpaired) electrons. The summed E-state index contributed by atoms with van der Waals surface area (Å²) in [6.45, 7) is 3.38. The molecule has 0 bridgehead atoms. The molecule has 0 amide bonds. The lowest BCUT2D eigenvalue weighted by Crippen LogP contribution is -2.69. The van der Waals surface area contributed by atoms with Gasteiger partial charge < -0.3 is 89.1 Å². The number of esters is 3. The van der Waals surface area contributed by atoms with Gasteiger partial charge in [-0.2, -0.15) is 0 Å². The van der Waals surface area contributed by atoms with Crippen LogP contribution in [-0.4, -0.2) is 204 Å². The van der Waals surface area contributed by atoms with E-state index in [9.17, 15) is 74.9 Å². The average Bonchev–Trinajstić information content (AvgIpc) is 1.00. The van der Waals surface area contributed by atoms with Gasteiger partial charge >= 0.3 is 25.7 Å². The summed E-state index contributed by atoms with van der Waals surface area (Å²) >= 11 is 0. The summed E-state index contributed by atoms with van der Waals surface area (Å²) in [5.74, 6) is -2.00. The predicted octanol–water partition coefficient (Wildman–Crippen LogP) is 8.01. The minimum Gasteiger partial charge on any atom is -0.463 e. The van der Waals surface area contributed by atoms with Crippen LogP contribution in [-0.2, 0) is 61.2 Å². The minimum absolute atomic E-state index is 0.00946. The molecule has 0 aromatic carbocycles. The van der Waals surface area contributed by atoms with E-state index in [1.165, 1.54) is 103 Å². The number of phosphoric ester groups is 1. The molecule has 18 unspecified atom stereocenters. The third-order valence-electron chi connectivity index (χ3n) is 17.3. The molecular formula is C66H121O24P. The number of phosphoric acid groups is 1. The fourth-order valence-corrected chi connectivity index (χ4v) is 12.5. The number of rotatable bonds is 53. The first kappa shape index (κ1) is 82.9. The van der Waals surface area contributed by atoms with Crippen molar-refractivity contribution in [2.24, 2.45) is 0 Å². The summed E-state index contributed by atoms with van der Waals surface area (Å²) < 4.78 is 64.7. The maximum atomic E-state index is 14.3. The maximum absolute atomic E-state index is 14.3. The van der Waals surface area contributed by atoms with Crippen molar-refractivity contribution in [1.82, 2.24) is 0 Å². The Morgan fingerprint density at radius 1 is 0.418 bits per heavy atom. The van der Waals surface area contributed by atoms with E-state index in [4.69, 9.17) is 42.2 Å². The standard InChI is InChI=1S/C66H121O24P/c1-4-7-10-13-16-19-22-23-24-27-29-32-35-38-41-51(69)83-46-49-54(72)56(74)61(79)66(87-49)89-63-59(77)57(75)58(76)62(88-65-60(78)55(73)53(71)48(43-67)86-65)64(63)90-91(80,81)84-45-47(85-52(70)42-39-36-33-30-26-21-18-15-12-9-6-3)44-82-50(68)40-37-34-31-28-25-20-17-14-11-8-5-2/h24,27,47-49,53-67,71-79H,4-23,25-26,28-46H2,1-3H3,(H,80,81)/b27-24-. The Balaban J connectivity index is 1.76. The molecule has 24 nitrogen and oxygen atoms in total. The second-order valence-electron chi connectivity index (χ2n) is 25.2. The first-order valence-corrected chi connectivity index (χ1v) is 36.5. The van der Waals surface area contributed by atoms with Crippen molar-refractivity contribution in [3.05, 3.63) is 12.2 Å². The van der Waals surface area contributed by atoms with Crippen LogP contribution in [0.5, 0.6) is 0 Å². The van der Waals surface area contributed by atoms with Gasteiger partial charge in [0.2, 0.25) is 0 Å². The number of hydrogen-bond donors (Lipinski definition) is 11. The molecule has 2 heterocycles. The Morgan fingerprint density at radius 2 is 0.769 bits per heavy atom. The fraction of sp³-hybridized carbons (Fsp3) is 0.924. The average molecular weight is 1330 g/mol. The normalized spacial score (nSPS) is 28.9. The Hall–Kier alpha value is -2.30. The van der Waals surface area contributed by atoms with Crippen molar-refractivity contribution in [2.45, 2.75) is 362 Å². The predicted molar refractivity (Wildman–Crippen MR) is 338 cm³/mol. The number of hydrogen-bond acceptors (Lipinski definition) is 23. The number of carbonyl (C=O) groups is 3. The molecule has 2 aliphatic heterocycles. The number of aliphatic hydroxyl groups excluding tert-OH is 10. The van der Waals surface area contributed by atoms with Gasteiger partial charge in [-0.3, -0.25) is 23.4 Å². The zero-order valence-electron chi connectivity index (χ0n) is 55.1. The molecule has 2 saturated heterocycles. The molecule has 91 heavy (non-hydrogen) atoms. The molecule has 3 rings (SSSR count). The molecule has 1 aliphatic carbocycles. The van der Waals surface area contributed by atoms with Crippen LogP contribution in [0.1, 0.15) is 258 Å². The minimum atomic E-state index is -5.68. The van der Waals surface area contributed by atoms with E-state index in [0.29, 0.717) is 19.3 Å². The molecule has 534 valence electrons. The molecule has 3 aliphatic rings. The molecule has 25 heteroatoms. The van der Waals surface area contributed by atoms with E-state index in [2.05, 4.69) is 32.9 Å². The quantitative estimate of drug-likeness (QED) is 0.00902. The van der Waals surface area contributed by atoms with Crippen LogP contribution in [0.4, 0.5) is 0 Å². The number of allylic oxidation sites excluding steroid dienone is 2. The van der Waals surface area contributed by atoms with Gasteiger partial charge in [0.1, 0.15) is 98.7 Å². The van der Waals surface area contributed by atoms with Crippen LogP contribution in [0, 0.1) is 0 Å². The third-order valence-corrected chi connectivity index (χ3v) is 18.3.